The lowest BCUT2D eigenvalue weighted by atomic mass is 10.1. The molecule has 9 heteroatoms. The van der Waals surface area contributed by atoms with E-state index < -0.39 is 10.0 Å². The molecule has 0 radical (unpaired) electrons. The summed E-state index contributed by atoms with van der Waals surface area (Å²) < 4.78 is 37.7. The van der Waals surface area contributed by atoms with E-state index in [1.807, 2.05) is 6.92 Å². The van der Waals surface area contributed by atoms with Gasteiger partial charge in [0.05, 0.1) is 6.26 Å². The molecule has 1 aromatic rings. The van der Waals surface area contributed by atoms with Crippen LogP contribution in [0.2, 0.25) is 0 Å². The Morgan fingerprint density at radius 1 is 1.38 bits per heavy atom. The Hall–Kier alpha value is -0.940. The van der Waals surface area contributed by atoms with Gasteiger partial charge in [0.2, 0.25) is 10.0 Å². The van der Waals surface area contributed by atoms with Crippen molar-refractivity contribution < 1.29 is 12.8 Å². The Labute approximate surface area is 172 Å². The maximum atomic E-state index is 13.1. The Kier molecular flexibility index (Phi) is 9.25. The molecule has 0 bridgehead atoms. The molecule has 6 nitrogen and oxygen atoms in total. The average Bonchev–Trinajstić information content (AvgIpc) is 3.01. The largest absolute Gasteiger partial charge is 0.356 e. The number of hydrogen-bond acceptors (Lipinski definition) is 3. The molecule has 0 spiro atoms. The van der Waals surface area contributed by atoms with Crippen molar-refractivity contribution in [3.8, 4) is 0 Å². The van der Waals surface area contributed by atoms with Gasteiger partial charge in [-0.2, -0.15) is 0 Å². The smallest absolute Gasteiger partial charge is 0.211 e. The molecule has 1 aliphatic heterocycles. The number of nitrogens with one attached hydrogen (secondary N) is 2. The summed E-state index contributed by atoms with van der Waals surface area (Å²) in [4.78, 5) is 4.19. The molecule has 2 rings (SSSR count). The Morgan fingerprint density at radius 3 is 2.69 bits per heavy atom. The van der Waals surface area contributed by atoms with Gasteiger partial charge in [-0.1, -0.05) is 6.07 Å². The molecule has 1 unspecified atom stereocenters. The van der Waals surface area contributed by atoms with E-state index in [2.05, 4.69) is 15.6 Å². The van der Waals surface area contributed by atoms with Gasteiger partial charge in [-0.15, -0.1) is 24.0 Å². The Balaban J connectivity index is 0.00000338. The standard InChI is InChI=1S/C17H27FN4O2S.HI/c1-13-10-16(18)5-4-15(13)6-8-20-17(19-2)21-11-14-7-9-22(12-14)25(3,23)24;/h4-5,10,14H,6-9,11-12H2,1-3H3,(H2,19,20,21);1H. The van der Waals surface area contributed by atoms with Crippen LogP contribution in [0, 0.1) is 18.7 Å². The number of guanidine groups is 1. The molecule has 0 aliphatic carbocycles. The number of rotatable bonds is 6. The van der Waals surface area contributed by atoms with E-state index in [1.165, 1.54) is 22.7 Å². The first-order valence-corrected chi connectivity index (χ1v) is 10.3. The normalized spacial score (nSPS) is 18.5. The highest BCUT2D eigenvalue weighted by Gasteiger charge is 2.28. The predicted molar refractivity (Wildman–Crippen MR) is 114 cm³/mol. The fraction of sp³-hybridized carbons (Fsp3) is 0.588. The molecule has 1 aliphatic rings. The summed E-state index contributed by atoms with van der Waals surface area (Å²) in [5.74, 6) is 0.761. The lowest BCUT2D eigenvalue weighted by Crippen LogP contribution is -2.41. The highest BCUT2D eigenvalue weighted by atomic mass is 127. The van der Waals surface area contributed by atoms with E-state index in [4.69, 9.17) is 0 Å². The van der Waals surface area contributed by atoms with Gasteiger partial charge in [0.1, 0.15) is 5.82 Å². The first kappa shape index (κ1) is 23.1. The Morgan fingerprint density at radius 2 is 2.12 bits per heavy atom. The predicted octanol–water partition coefficient (Wildman–Crippen LogP) is 1.74. The molecule has 148 valence electrons. The topological polar surface area (TPSA) is 73.8 Å². The monoisotopic (exact) mass is 498 g/mol. The van der Waals surface area contributed by atoms with Crippen LogP contribution in [0.15, 0.2) is 23.2 Å². The second-order valence-corrected chi connectivity index (χ2v) is 8.46. The van der Waals surface area contributed by atoms with Crippen LogP contribution in [0.5, 0.6) is 0 Å². The molecule has 0 amide bonds. The van der Waals surface area contributed by atoms with Crippen molar-refractivity contribution in [1.29, 1.82) is 0 Å². The van der Waals surface area contributed by atoms with Gasteiger partial charge in [-0.25, -0.2) is 17.1 Å². The summed E-state index contributed by atoms with van der Waals surface area (Å²) in [6.45, 7) is 4.41. The number of aryl methyl sites for hydroxylation is 1. The third-order valence-electron chi connectivity index (χ3n) is 4.49. The van der Waals surface area contributed by atoms with Crippen molar-refractivity contribution in [3.05, 3.63) is 35.1 Å². The summed E-state index contributed by atoms with van der Waals surface area (Å²) in [5, 5.41) is 6.49. The summed E-state index contributed by atoms with van der Waals surface area (Å²) >= 11 is 0. The minimum atomic E-state index is -3.10. The molecule has 1 fully saturated rings. The maximum Gasteiger partial charge on any atom is 0.211 e. The molecule has 2 N–H and O–H groups in total. The van der Waals surface area contributed by atoms with Gasteiger partial charge in [0.25, 0.3) is 0 Å². The fourth-order valence-electron chi connectivity index (χ4n) is 2.98. The van der Waals surface area contributed by atoms with Crippen LogP contribution in [0.25, 0.3) is 0 Å². The van der Waals surface area contributed by atoms with E-state index >= 15 is 0 Å². The first-order valence-electron chi connectivity index (χ1n) is 8.44. The molecular weight excluding hydrogens is 470 g/mol. The lowest BCUT2D eigenvalue weighted by molar-refractivity contribution is 0.459. The van der Waals surface area contributed by atoms with Crippen molar-refractivity contribution in [2.45, 2.75) is 19.8 Å². The van der Waals surface area contributed by atoms with Gasteiger partial charge in [0.15, 0.2) is 5.96 Å². The van der Waals surface area contributed by atoms with Gasteiger partial charge in [-0.3, -0.25) is 4.99 Å². The second-order valence-electron chi connectivity index (χ2n) is 6.48. The average molecular weight is 498 g/mol. The van der Waals surface area contributed by atoms with Crippen LogP contribution in [0.1, 0.15) is 17.5 Å². The summed E-state index contributed by atoms with van der Waals surface area (Å²) in [5.41, 5.74) is 2.04. The number of nitrogens with zero attached hydrogens (tertiary/aromatic N) is 2. The van der Waals surface area contributed by atoms with Crippen molar-refractivity contribution in [2.24, 2.45) is 10.9 Å². The molecule has 0 saturated carbocycles. The maximum absolute atomic E-state index is 13.1. The van der Waals surface area contributed by atoms with Crippen LogP contribution < -0.4 is 10.6 Å². The van der Waals surface area contributed by atoms with Crippen LogP contribution in [0.3, 0.4) is 0 Å². The zero-order chi connectivity index (χ0) is 18.4. The zero-order valence-corrected chi connectivity index (χ0v) is 18.6. The lowest BCUT2D eigenvalue weighted by Gasteiger charge is -2.16. The van der Waals surface area contributed by atoms with Gasteiger partial charge < -0.3 is 10.6 Å². The van der Waals surface area contributed by atoms with Gasteiger partial charge in [0, 0.05) is 33.2 Å². The number of aliphatic imine (C=N–C) groups is 1. The number of halogens is 2. The molecule has 26 heavy (non-hydrogen) atoms. The summed E-state index contributed by atoms with van der Waals surface area (Å²) in [6.07, 6.45) is 2.88. The van der Waals surface area contributed by atoms with E-state index in [-0.39, 0.29) is 35.7 Å². The minimum absolute atomic E-state index is 0. The second kappa shape index (κ2) is 10.4. The van der Waals surface area contributed by atoms with E-state index in [0.29, 0.717) is 32.1 Å². The Bertz CT molecular complexity index is 727. The molecule has 1 saturated heterocycles. The van der Waals surface area contributed by atoms with E-state index in [9.17, 15) is 12.8 Å². The van der Waals surface area contributed by atoms with Crippen LogP contribution in [0.4, 0.5) is 4.39 Å². The van der Waals surface area contributed by atoms with Crippen molar-refractivity contribution in [2.75, 3.05) is 39.5 Å². The summed E-state index contributed by atoms with van der Waals surface area (Å²) in [6, 6.07) is 4.82. The highest BCUT2D eigenvalue weighted by molar-refractivity contribution is 14.0. The third kappa shape index (κ3) is 6.99. The SMILES string of the molecule is CN=C(NCCc1ccc(F)cc1C)NCC1CCN(S(C)(=O)=O)C1.I. The minimum Gasteiger partial charge on any atom is -0.356 e. The van der Waals surface area contributed by atoms with Crippen LogP contribution in [-0.2, 0) is 16.4 Å². The van der Waals surface area contributed by atoms with Crippen molar-refractivity contribution in [1.82, 2.24) is 14.9 Å². The number of hydrogen-bond donors (Lipinski definition) is 2. The van der Waals surface area contributed by atoms with Crippen molar-refractivity contribution >= 4 is 40.0 Å². The third-order valence-corrected chi connectivity index (χ3v) is 5.76. The van der Waals surface area contributed by atoms with Gasteiger partial charge >= 0.3 is 0 Å². The quantitative estimate of drug-likeness (QED) is 0.356. The number of benzene rings is 1. The molecule has 1 atom stereocenters. The van der Waals surface area contributed by atoms with Gasteiger partial charge in [-0.05, 0) is 48.9 Å². The summed E-state index contributed by atoms with van der Waals surface area (Å²) in [7, 11) is -1.39. The highest BCUT2D eigenvalue weighted by Crippen LogP contribution is 2.17. The molecule has 1 heterocycles. The van der Waals surface area contributed by atoms with Crippen molar-refractivity contribution in [3.63, 3.8) is 0 Å². The zero-order valence-electron chi connectivity index (χ0n) is 15.5. The first-order chi connectivity index (χ1) is 11.8. The van der Waals surface area contributed by atoms with E-state index in [0.717, 1.165) is 24.0 Å². The fourth-order valence-corrected chi connectivity index (χ4v) is 3.90. The number of sulfonamides is 1. The molecule has 0 aromatic heterocycles. The molecule has 1 aromatic carbocycles. The van der Waals surface area contributed by atoms with Crippen LogP contribution >= 0.6 is 24.0 Å². The van der Waals surface area contributed by atoms with E-state index in [1.54, 1.807) is 13.1 Å². The van der Waals surface area contributed by atoms with Crippen LogP contribution in [-0.4, -0.2) is 58.2 Å². The molecular formula is C17H28FIN4O2S.